The van der Waals surface area contributed by atoms with Gasteiger partial charge in [0, 0.05) is 6.42 Å². The summed E-state index contributed by atoms with van der Waals surface area (Å²) in [6.07, 6.45) is 4.22. The van der Waals surface area contributed by atoms with E-state index in [0.29, 0.717) is 18.3 Å². The summed E-state index contributed by atoms with van der Waals surface area (Å²) >= 11 is 0. The predicted octanol–water partition coefficient (Wildman–Crippen LogP) is 5.12. The highest BCUT2D eigenvalue weighted by Crippen LogP contribution is 2.26. The molecule has 20 heavy (non-hydrogen) atoms. The lowest BCUT2D eigenvalue weighted by Gasteiger charge is -2.16. The van der Waals surface area contributed by atoms with Crippen LogP contribution in [0, 0.1) is 0 Å². The van der Waals surface area contributed by atoms with Crippen molar-refractivity contribution in [3.8, 4) is 0 Å². The van der Waals surface area contributed by atoms with Gasteiger partial charge in [-0.2, -0.15) is 0 Å². The molecule has 0 bridgehead atoms. The number of unbranched alkanes of at least 4 members (excludes halogenated alkanes) is 2. The van der Waals surface area contributed by atoms with Crippen molar-refractivity contribution in [3.63, 3.8) is 0 Å². The molecule has 2 nitrogen and oxygen atoms in total. The third-order valence-corrected chi connectivity index (χ3v) is 3.80. The van der Waals surface area contributed by atoms with Crippen LogP contribution in [0.2, 0.25) is 0 Å². The van der Waals surface area contributed by atoms with Gasteiger partial charge in [-0.3, -0.25) is 4.79 Å². The van der Waals surface area contributed by atoms with Gasteiger partial charge in [0.1, 0.15) is 0 Å². The van der Waals surface area contributed by atoms with Crippen molar-refractivity contribution in [2.24, 2.45) is 0 Å². The molecule has 0 aromatic heterocycles. The van der Waals surface area contributed by atoms with Gasteiger partial charge >= 0.3 is 5.97 Å². The summed E-state index contributed by atoms with van der Waals surface area (Å²) in [6.45, 7) is 8.94. The van der Waals surface area contributed by atoms with Gasteiger partial charge in [-0.15, -0.1) is 0 Å². The second-order valence-corrected chi connectivity index (χ2v) is 6.22. The van der Waals surface area contributed by atoms with Gasteiger partial charge in [-0.05, 0) is 47.8 Å². The van der Waals surface area contributed by atoms with Gasteiger partial charge in [-0.1, -0.05) is 52.3 Å². The summed E-state index contributed by atoms with van der Waals surface area (Å²) in [5.41, 5.74) is 4.29. The molecular weight excluding hydrogens is 248 g/mol. The highest BCUT2D eigenvalue weighted by atomic mass is 16.4. The van der Waals surface area contributed by atoms with Crippen LogP contribution in [0.5, 0.6) is 0 Å². The minimum Gasteiger partial charge on any atom is -0.481 e. The van der Waals surface area contributed by atoms with Crippen LogP contribution in [-0.2, 0) is 11.2 Å². The Morgan fingerprint density at radius 3 is 2.30 bits per heavy atom. The summed E-state index contributed by atoms with van der Waals surface area (Å²) in [4.78, 5) is 10.5. The van der Waals surface area contributed by atoms with E-state index in [2.05, 4.69) is 45.9 Å². The van der Waals surface area contributed by atoms with Gasteiger partial charge in [0.05, 0.1) is 0 Å². The molecule has 0 amide bonds. The van der Waals surface area contributed by atoms with Crippen LogP contribution in [0.3, 0.4) is 0 Å². The Kier molecular flexibility index (Phi) is 6.77. The Morgan fingerprint density at radius 2 is 1.75 bits per heavy atom. The number of aliphatic carboxylic acids is 1. The Bertz CT molecular complexity index is 433. The van der Waals surface area contributed by atoms with E-state index < -0.39 is 5.97 Å². The van der Waals surface area contributed by atoms with E-state index in [-0.39, 0.29) is 0 Å². The normalized spacial score (nSPS) is 11.3. The molecule has 0 heterocycles. The van der Waals surface area contributed by atoms with E-state index in [9.17, 15) is 4.79 Å². The molecular formula is C18H28O2. The van der Waals surface area contributed by atoms with Crippen LogP contribution in [0.15, 0.2) is 18.2 Å². The average Bonchev–Trinajstić information content (AvgIpc) is 2.37. The smallest absolute Gasteiger partial charge is 0.303 e. The summed E-state index contributed by atoms with van der Waals surface area (Å²) in [7, 11) is 0. The zero-order valence-corrected chi connectivity index (χ0v) is 13.3. The van der Waals surface area contributed by atoms with Crippen LogP contribution >= 0.6 is 0 Å². The number of carboxylic acid groups (broad SMARTS) is 1. The van der Waals surface area contributed by atoms with Crippen molar-refractivity contribution in [3.05, 3.63) is 34.9 Å². The molecule has 0 unspecified atom stereocenters. The third-order valence-electron chi connectivity index (χ3n) is 3.80. The third kappa shape index (κ3) is 5.36. The SMILES string of the molecule is CC(C)c1ccc(CCCCCC(=O)O)c(C(C)C)c1. The average molecular weight is 276 g/mol. The molecule has 1 N–H and O–H groups in total. The Balaban J connectivity index is 2.62. The summed E-state index contributed by atoms with van der Waals surface area (Å²) < 4.78 is 0. The fourth-order valence-electron chi connectivity index (χ4n) is 2.51. The van der Waals surface area contributed by atoms with Crippen LogP contribution in [-0.4, -0.2) is 11.1 Å². The maximum Gasteiger partial charge on any atom is 0.303 e. The van der Waals surface area contributed by atoms with E-state index in [1.807, 2.05) is 0 Å². The number of carbonyl (C=O) groups is 1. The second kappa shape index (κ2) is 8.08. The summed E-state index contributed by atoms with van der Waals surface area (Å²) in [6, 6.07) is 6.85. The molecule has 0 spiro atoms. The molecule has 1 aromatic rings. The van der Waals surface area contributed by atoms with Crippen molar-refractivity contribution in [1.82, 2.24) is 0 Å². The number of hydrogen-bond acceptors (Lipinski definition) is 1. The van der Waals surface area contributed by atoms with E-state index >= 15 is 0 Å². The van der Waals surface area contributed by atoms with E-state index in [0.717, 1.165) is 25.7 Å². The van der Waals surface area contributed by atoms with Gasteiger partial charge in [-0.25, -0.2) is 0 Å². The van der Waals surface area contributed by atoms with Gasteiger partial charge in [0.2, 0.25) is 0 Å². The molecule has 0 aliphatic carbocycles. The lowest BCUT2D eigenvalue weighted by molar-refractivity contribution is -0.137. The van der Waals surface area contributed by atoms with E-state index in [1.165, 1.54) is 16.7 Å². The Hall–Kier alpha value is -1.31. The van der Waals surface area contributed by atoms with Gasteiger partial charge in [0.25, 0.3) is 0 Å². The van der Waals surface area contributed by atoms with Crippen LogP contribution in [0.4, 0.5) is 0 Å². The second-order valence-electron chi connectivity index (χ2n) is 6.22. The lowest BCUT2D eigenvalue weighted by Crippen LogP contribution is -2.00. The quantitative estimate of drug-likeness (QED) is 0.669. The first-order chi connectivity index (χ1) is 9.41. The monoisotopic (exact) mass is 276 g/mol. The first kappa shape index (κ1) is 16.7. The van der Waals surface area contributed by atoms with Crippen molar-refractivity contribution in [2.75, 3.05) is 0 Å². The number of rotatable bonds is 8. The fourth-order valence-corrected chi connectivity index (χ4v) is 2.51. The first-order valence-electron chi connectivity index (χ1n) is 7.76. The van der Waals surface area contributed by atoms with Crippen molar-refractivity contribution in [2.45, 2.75) is 71.6 Å². The van der Waals surface area contributed by atoms with E-state index in [1.54, 1.807) is 0 Å². The zero-order chi connectivity index (χ0) is 15.1. The van der Waals surface area contributed by atoms with Gasteiger partial charge in [0.15, 0.2) is 0 Å². The van der Waals surface area contributed by atoms with E-state index in [4.69, 9.17) is 5.11 Å². The maximum absolute atomic E-state index is 10.5. The molecule has 0 fully saturated rings. The van der Waals surface area contributed by atoms with Crippen molar-refractivity contribution >= 4 is 5.97 Å². The molecule has 2 heteroatoms. The fraction of sp³-hybridized carbons (Fsp3) is 0.611. The molecule has 0 saturated heterocycles. The number of benzene rings is 1. The lowest BCUT2D eigenvalue weighted by atomic mass is 9.89. The predicted molar refractivity (Wildman–Crippen MR) is 84.4 cm³/mol. The maximum atomic E-state index is 10.5. The summed E-state index contributed by atoms with van der Waals surface area (Å²) in [5.74, 6) is 0.425. The van der Waals surface area contributed by atoms with Crippen molar-refractivity contribution in [1.29, 1.82) is 0 Å². The van der Waals surface area contributed by atoms with Crippen molar-refractivity contribution < 1.29 is 9.90 Å². The molecule has 0 atom stereocenters. The highest BCUT2D eigenvalue weighted by molar-refractivity contribution is 5.66. The molecule has 1 aromatic carbocycles. The topological polar surface area (TPSA) is 37.3 Å². The molecule has 112 valence electrons. The molecule has 0 aliphatic heterocycles. The minimum atomic E-state index is -0.686. The Morgan fingerprint density at radius 1 is 1.05 bits per heavy atom. The molecule has 0 radical (unpaired) electrons. The van der Waals surface area contributed by atoms with Gasteiger partial charge < -0.3 is 5.11 Å². The number of carboxylic acids is 1. The van der Waals surface area contributed by atoms with Crippen LogP contribution in [0.25, 0.3) is 0 Å². The molecule has 0 saturated carbocycles. The molecule has 0 aliphatic rings. The first-order valence-corrected chi connectivity index (χ1v) is 7.76. The highest BCUT2D eigenvalue weighted by Gasteiger charge is 2.09. The standard InChI is InChI=1S/C18H28O2/c1-13(2)16-11-10-15(17(12-16)14(3)4)8-6-5-7-9-18(19)20/h10-14H,5-9H2,1-4H3,(H,19,20). The number of hydrogen-bond donors (Lipinski definition) is 1. The van der Waals surface area contributed by atoms with Crippen LogP contribution < -0.4 is 0 Å². The van der Waals surface area contributed by atoms with Crippen LogP contribution in [0.1, 0.15) is 81.9 Å². The number of aryl methyl sites for hydroxylation is 1. The summed E-state index contributed by atoms with van der Waals surface area (Å²) in [5, 5.41) is 8.63. The Labute approximate surface area is 123 Å². The largest absolute Gasteiger partial charge is 0.481 e. The minimum absolute atomic E-state index is 0.295. The molecule has 1 rings (SSSR count). The zero-order valence-electron chi connectivity index (χ0n) is 13.3.